The van der Waals surface area contributed by atoms with Gasteiger partial charge in [0.05, 0.1) is 27.9 Å². The van der Waals surface area contributed by atoms with Crippen molar-refractivity contribution >= 4 is 33.3 Å². The zero-order valence-corrected chi connectivity index (χ0v) is 13.3. The number of thiazole rings is 1. The lowest BCUT2D eigenvalue weighted by Crippen LogP contribution is -2.40. The van der Waals surface area contributed by atoms with Gasteiger partial charge >= 0.3 is 6.03 Å². The third-order valence-electron chi connectivity index (χ3n) is 3.06. The SMILES string of the molecule is Cc1nc2ccc(NC(=O)NC(CO)CC(C)C)cc2s1. The first-order valence-corrected chi connectivity index (χ1v) is 7.85. The second kappa shape index (κ2) is 6.87. The van der Waals surface area contributed by atoms with Crippen molar-refractivity contribution in [1.29, 1.82) is 0 Å². The molecule has 0 saturated heterocycles. The summed E-state index contributed by atoms with van der Waals surface area (Å²) in [6.07, 6.45) is 0.747. The topological polar surface area (TPSA) is 74.2 Å². The Balaban J connectivity index is 2.00. The van der Waals surface area contributed by atoms with Gasteiger partial charge in [-0.25, -0.2) is 9.78 Å². The number of aromatic nitrogens is 1. The highest BCUT2D eigenvalue weighted by molar-refractivity contribution is 7.18. The summed E-state index contributed by atoms with van der Waals surface area (Å²) >= 11 is 1.60. The molecule has 6 heteroatoms. The largest absolute Gasteiger partial charge is 0.394 e. The number of benzene rings is 1. The van der Waals surface area contributed by atoms with Crippen molar-refractivity contribution < 1.29 is 9.90 Å². The van der Waals surface area contributed by atoms with E-state index in [0.717, 1.165) is 27.3 Å². The van der Waals surface area contributed by atoms with E-state index in [2.05, 4.69) is 29.5 Å². The number of rotatable bonds is 5. The molecule has 0 bridgehead atoms. The number of urea groups is 1. The second-order valence-corrected chi connectivity index (χ2v) is 6.76. The summed E-state index contributed by atoms with van der Waals surface area (Å²) in [7, 11) is 0. The van der Waals surface area contributed by atoms with Crippen molar-refractivity contribution in [2.45, 2.75) is 33.2 Å². The molecule has 1 unspecified atom stereocenters. The number of hydrogen-bond acceptors (Lipinski definition) is 4. The van der Waals surface area contributed by atoms with Gasteiger partial charge in [0.15, 0.2) is 0 Å². The van der Waals surface area contributed by atoms with Gasteiger partial charge in [0.2, 0.25) is 0 Å². The fourth-order valence-corrected chi connectivity index (χ4v) is 3.08. The number of hydrogen-bond donors (Lipinski definition) is 3. The summed E-state index contributed by atoms with van der Waals surface area (Å²) in [5.74, 6) is 0.416. The first-order valence-electron chi connectivity index (χ1n) is 7.03. The molecule has 0 aliphatic heterocycles. The van der Waals surface area contributed by atoms with Crippen LogP contribution < -0.4 is 10.6 Å². The maximum Gasteiger partial charge on any atom is 0.319 e. The van der Waals surface area contributed by atoms with Crippen LogP contribution in [0.25, 0.3) is 10.2 Å². The average molecular weight is 307 g/mol. The van der Waals surface area contributed by atoms with E-state index in [4.69, 9.17) is 0 Å². The van der Waals surface area contributed by atoms with Crippen molar-refractivity contribution in [2.24, 2.45) is 5.92 Å². The Hall–Kier alpha value is -1.66. The van der Waals surface area contributed by atoms with E-state index in [1.54, 1.807) is 11.3 Å². The first kappa shape index (κ1) is 15.7. The maximum absolute atomic E-state index is 12.0. The molecule has 1 atom stereocenters. The highest BCUT2D eigenvalue weighted by Crippen LogP contribution is 2.24. The number of carbonyl (C=O) groups is 1. The molecule has 0 aliphatic carbocycles. The van der Waals surface area contributed by atoms with Crippen LogP contribution in [0.5, 0.6) is 0 Å². The van der Waals surface area contributed by atoms with Crippen LogP contribution in [0.3, 0.4) is 0 Å². The highest BCUT2D eigenvalue weighted by atomic mass is 32.1. The summed E-state index contributed by atoms with van der Waals surface area (Å²) in [5, 5.41) is 15.9. The van der Waals surface area contributed by atoms with E-state index in [9.17, 15) is 9.90 Å². The minimum absolute atomic E-state index is 0.0569. The van der Waals surface area contributed by atoms with Crippen LogP contribution in [-0.2, 0) is 0 Å². The molecule has 2 amide bonds. The summed E-state index contributed by atoms with van der Waals surface area (Å²) in [5.41, 5.74) is 1.67. The Bertz CT molecular complexity index is 624. The van der Waals surface area contributed by atoms with E-state index < -0.39 is 0 Å². The molecule has 0 radical (unpaired) electrons. The molecule has 3 N–H and O–H groups in total. The van der Waals surface area contributed by atoms with E-state index in [0.29, 0.717) is 5.92 Å². The molecule has 1 aromatic carbocycles. The van der Waals surface area contributed by atoms with Crippen LogP contribution >= 0.6 is 11.3 Å². The molecule has 2 rings (SSSR count). The Morgan fingerprint density at radius 2 is 2.19 bits per heavy atom. The number of aliphatic hydroxyl groups is 1. The van der Waals surface area contributed by atoms with E-state index in [1.165, 1.54) is 0 Å². The maximum atomic E-state index is 12.0. The van der Waals surface area contributed by atoms with Crippen molar-refractivity contribution in [3.63, 3.8) is 0 Å². The summed E-state index contributed by atoms with van der Waals surface area (Å²) in [4.78, 5) is 16.3. The first-order chi connectivity index (χ1) is 9.97. The van der Waals surface area contributed by atoms with Crippen molar-refractivity contribution in [2.75, 3.05) is 11.9 Å². The number of aliphatic hydroxyl groups excluding tert-OH is 1. The van der Waals surface area contributed by atoms with Crippen LogP contribution in [0.15, 0.2) is 18.2 Å². The van der Waals surface area contributed by atoms with Gasteiger partial charge in [0.1, 0.15) is 0 Å². The molecule has 5 nitrogen and oxygen atoms in total. The van der Waals surface area contributed by atoms with Crippen molar-refractivity contribution in [3.05, 3.63) is 23.2 Å². The number of anilines is 1. The average Bonchev–Trinajstić information content (AvgIpc) is 2.76. The molecule has 0 aliphatic rings. The molecule has 114 valence electrons. The molecule has 1 heterocycles. The second-order valence-electron chi connectivity index (χ2n) is 5.52. The minimum Gasteiger partial charge on any atom is -0.394 e. The van der Waals surface area contributed by atoms with E-state index >= 15 is 0 Å². The molecule has 21 heavy (non-hydrogen) atoms. The smallest absolute Gasteiger partial charge is 0.319 e. The summed E-state index contributed by atoms with van der Waals surface area (Å²) in [6.45, 7) is 6.02. The van der Waals surface area contributed by atoms with Crippen LogP contribution in [0.1, 0.15) is 25.3 Å². The zero-order valence-electron chi connectivity index (χ0n) is 12.5. The number of fused-ring (bicyclic) bond motifs is 1. The van der Waals surface area contributed by atoms with Gasteiger partial charge < -0.3 is 15.7 Å². The molecule has 2 aromatic rings. The monoisotopic (exact) mass is 307 g/mol. The Morgan fingerprint density at radius 1 is 1.43 bits per heavy atom. The highest BCUT2D eigenvalue weighted by Gasteiger charge is 2.13. The van der Waals surface area contributed by atoms with Gasteiger partial charge in [0, 0.05) is 5.69 Å². The summed E-state index contributed by atoms with van der Waals surface area (Å²) < 4.78 is 1.05. The van der Waals surface area contributed by atoms with Crippen LogP contribution in [0.4, 0.5) is 10.5 Å². The lowest BCUT2D eigenvalue weighted by molar-refractivity contribution is 0.214. The normalized spacial score (nSPS) is 12.6. The van der Waals surface area contributed by atoms with Crippen LogP contribution in [0, 0.1) is 12.8 Å². The predicted octanol–water partition coefficient (Wildman–Crippen LogP) is 3.13. The fraction of sp³-hybridized carbons (Fsp3) is 0.467. The number of nitrogens with zero attached hydrogens (tertiary/aromatic N) is 1. The zero-order chi connectivity index (χ0) is 15.4. The third kappa shape index (κ3) is 4.41. The number of carbonyl (C=O) groups excluding carboxylic acids is 1. The third-order valence-corrected chi connectivity index (χ3v) is 4.00. The quantitative estimate of drug-likeness (QED) is 0.794. The van der Waals surface area contributed by atoms with Crippen LogP contribution in [0.2, 0.25) is 0 Å². The number of nitrogens with one attached hydrogen (secondary N) is 2. The molecule has 0 fully saturated rings. The minimum atomic E-state index is -0.296. The van der Waals surface area contributed by atoms with Gasteiger partial charge in [-0.05, 0) is 37.5 Å². The van der Waals surface area contributed by atoms with Gasteiger partial charge in [-0.2, -0.15) is 0 Å². The number of aryl methyl sites for hydroxylation is 1. The van der Waals surface area contributed by atoms with Gasteiger partial charge in [-0.15, -0.1) is 11.3 Å². The van der Waals surface area contributed by atoms with Gasteiger partial charge in [0.25, 0.3) is 0 Å². The number of amides is 2. The van der Waals surface area contributed by atoms with Gasteiger partial charge in [-0.3, -0.25) is 0 Å². The van der Waals surface area contributed by atoms with Crippen molar-refractivity contribution in [1.82, 2.24) is 10.3 Å². The van der Waals surface area contributed by atoms with Gasteiger partial charge in [-0.1, -0.05) is 13.8 Å². The van der Waals surface area contributed by atoms with Crippen LogP contribution in [-0.4, -0.2) is 28.8 Å². The molecule has 0 spiro atoms. The van der Waals surface area contributed by atoms with Crippen molar-refractivity contribution in [3.8, 4) is 0 Å². The lowest BCUT2D eigenvalue weighted by atomic mass is 10.0. The van der Waals surface area contributed by atoms with E-state index in [1.807, 2.05) is 25.1 Å². The van der Waals surface area contributed by atoms with E-state index in [-0.39, 0.29) is 18.7 Å². The predicted molar refractivity (Wildman–Crippen MR) is 86.8 cm³/mol. The summed E-state index contributed by atoms with van der Waals surface area (Å²) in [6, 6.07) is 5.12. The lowest BCUT2D eigenvalue weighted by Gasteiger charge is -2.18. The standard InChI is InChI=1S/C15H21N3O2S/c1-9(2)6-12(8-19)18-15(20)17-11-4-5-13-14(7-11)21-10(3)16-13/h4-5,7,9,12,19H,6,8H2,1-3H3,(H2,17,18,20). The Labute approximate surface area is 128 Å². The Morgan fingerprint density at radius 3 is 2.86 bits per heavy atom. The fourth-order valence-electron chi connectivity index (χ4n) is 2.22. The molecular formula is C15H21N3O2S. The molecule has 0 saturated carbocycles. The molecule has 1 aromatic heterocycles. The Kier molecular flexibility index (Phi) is 5.14. The molecular weight excluding hydrogens is 286 g/mol.